The lowest BCUT2D eigenvalue weighted by Gasteiger charge is -2.38. The maximum absolute atomic E-state index is 12.8. The van der Waals surface area contributed by atoms with Gasteiger partial charge in [0, 0.05) is 12.8 Å². The predicted molar refractivity (Wildman–Crippen MR) is 243 cm³/mol. The summed E-state index contributed by atoms with van der Waals surface area (Å²) in [4.78, 5) is 36.9. The quantitative estimate of drug-likeness (QED) is 0.0262. The van der Waals surface area contributed by atoms with Crippen LogP contribution in [-0.2, 0) is 33.3 Å². The molecule has 0 radical (unpaired) electrons. The molecule has 61 heavy (non-hydrogen) atoms. The first-order valence-electron chi connectivity index (χ1n) is 24.9. The summed E-state index contributed by atoms with van der Waals surface area (Å²) in [5, 5.41) is 39.9. The van der Waals surface area contributed by atoms with Crippen molar-refractivity contribution in [2.24, 2.45) is 0 Å². The maximum atomic E-state index is 12.8. The zero-order chi connectivity index (χ0) is 44.6. The molecule has 356 valence electrons. The summed E-state index contributed by atoms with van der Waals surface area (Å²) in [6.07, 6.45) is 36.6. The Bertz CT molecular complexity index is 1110. The molecular weight excluding hydrogens is 777 g/mol. The maximum Gasteiger partial charge on any atom is 0.335 e. The first kappa shape index (κ1) is 56.7. The van der Waals surface area contributed by atoms with E-state index in [9.17, 15) is 34.8 Å². The smallest absolute Gasteiger partial charge is 0.335 e. The zero-order valence-electron chi connectivity index (χ0n) is 38.7. The molecular formula is C50H90O11. The molecule has 1 fully saturated rings. The highest BCUT2D eigenvalue weighted by Gasteiger charge is 2.47. The molecule has 0 saturated carbocycles. The van der Waals surface area contributed by atoms with Gasteiger partial charge in [0.05, 0.1) is 6.61 Å². The van der Waals surface area contributed by atoms with Gasteiger partial charge in [-0.1, -0.05) is 192 Å². The summed E-state index contributed by atoms with van der Waals surface area (Å²) in [6.45, 7) is 3.80. The van der Waals surface area contributed by atoms with E-state index in [4.69, 9.17) is 18.9 Å². The highest BCUT2D eigenvalue weighted by Crippen LogP contribution is 2.23. The molecule has 0 aromatic heterocycles. The zero-order valence-corrected chi connectivity index (χ0v) is 38.7. The third-order valence-electron chi connectivity index (χ3n) is 11.6. The van der Waals surface area contributed by atoms with E-state index in [-0.39, 0.29) is 19.4 Å². The SMILES string of the molecule is CCCCC/C=C\C/C=C\CCCCCCCC(=O)OCC(COC1OC(C(=O)O)C(O)C(O)C1O)OC(=O)CCCCCCCCCCCCCCCCCCCCCC. The Morgan fingerprint density at radius 1 is 0.508 bits per heavy atom. The molecule has 0 aromatic carbocycles. The highest BCUT2D eigenvalue weighted by atomic mass is 16.7. The van der Waals surface area contributed by atoms with E-state index in [1.165, 1.54) is 122 Å². The van der Waals surface area contributed by atoms with E-state index < -0.39 is 61.3 Å². The lowest BCUT2D eigenvalue weighted by atomic mass is 9.99. The Morgan fingerprint density at radius 3 is 1.39 bits per heavy atom. The summed E-state index contributed by atoms with van der Waals surface area (Å²) in [5.74, 6) is -2.45. The first-order chi connectivity index (χ1) is 29.7. The van der Waals surface area contributed by atoms with E-state index in [1.54, 1.807) is 0 Å². The van der Waals surface area contributed by atoms with Crippen molar-refractivity contribution in [2.75, 3.05) is 13.2 Å². The van der Waals surface area contributed by atoms with Crippen molar-refractivity contribution in [3.63, 3.8) is 0 Å². The molecule has 4 N–H and O–H groups in total. The van der Waals surface area contributed by atoms with Gasteiger partial charge >= 0.3 is 17.9 Å². The fourth-order valence-electron chi connectivity index (χ4n) is 7.62. The van der Waals surface area contributed by atoms with Gasteiger partial charge < -0.3 is 39.4 Å². The van der Waals surface area contributed by atoms with E-state index in [1.807, 2.05) is 0 Å². The lowest BCUT2D eigenvalue weighted by molar-refractivity contribution is -0.298. The molecule has 11 nitrogen and oxygen atoms in total. The van der Waals surface area contributed by atoms with Crippen LogP contribution >= 0.6 is 0 Å². The van der Waals surface area contributed by atoms with Crippen LogP contribution in [-0.4, -0.2) is 88.4 Å². The summed E-state index contributed by atoms with van der Waals surface area (Å²) >= 11 is 0. The fraction of sp³-hybridized carbons (Fsp3) is 0.860. The van der Waals surface area contributed by atoms with E-state index in [0.717, 1.165) is 64.2 Å². The number of unbranched alkanes of at least 4 members (excludes halogenated alkanes) is 27. The predicted octanol–water partition coefficient (Wildman–Crippen LogP) is 11.4. The first-order valence-corrected chi connectivity index (χ1v) is 24.9. The summed E-state index contributed by atoms with van der Waals surface area (Å²) < 4.78 is 21.8. The molecule has 0 spiro atoms. The van der Waals surface area contributed by atoms with Crippen LogP contribution in [0.5, 0.6) is 0 Å². The van der Waals surface area contributed by atoms with Gasteiger partial charge in [0.25, 0.3) is 0 Å². The topological polar surface area (TPSA) is 169 Å². The number of aliphatic hydroxyl groups excluding tert-OH is 3. The highest BCUT2D eigenvalue weighted by molar-refractivity contribution is 5.73. The molecule has 6 unspecified atom stereocenters. The molecule has 1 aliphatic rings. The van der Waals surface area contributed by atoms with Crippen LogP contribution in [0.1, 0.15) is 226 Å². The Morgan fingerprint density at radius 2 is 0.918 bits per heavy atom. The third-order valence-corrected chi connectivity index (χ3v) is 11.6. The van der Waals surface area contributed by atoms with Crippen LogP contribution in [0.25, 0.3) is 0 Å². The number of carbonyl (C=O) groups excluding carboxylic acids is 2. The van der Waals surface area contributed by atoms with Gasteiger partial charge in [-0.2, -0.15) is 0 Å². The van der Waals surface area contributed by atoms with Gasteiger partial charge in [-0.3, -0.25) is 9.59 Å². The standard InChI is InChI=1S/C50H90O11/c1-3-5-7-9-11-13-15-17-19-20-21-22-23-25-27-29-31-33-35-37-39-44(52)60-42(41-59-50-47(55)45(53)46(54)48(61-50)49(56)57)40-58-43(51)38-36-34-32-30-28-26-24-18-16-14-12-10-8-6-4-2/h12,14,18,24,42,45-48,50,53-55H,3-11,13,15-17,19-23,25-41H2,1-2H3,(H,56,57)/b14-12-,24-18-. The Labute approximate surface area is 370 Å². The Balaban J connectivity index is 2.31. The number of esters is 2. The summed E-state index contributed by atoms with van der Waals surface area (Å²) in [7, 11) is 0. The molecule has 0 bridgehead atoms. The van der Waals surface area contributed by atoms with Gasteiger partial charge in [0.1, 0.15) is 24.9 Å². The number of hydrogen-bond donors (Lipinski definition) is 4. The molecule has 1 aliphatic heterocycles. The van der Waals surface area contributed by atoms with Gasteiger partial charge in [-0.25, -0.2) is 4.79 Å². The normalized spacial score (nSPS) is 19.8. The number of hydrogen-bond acceptors (Lipinski definition) is 10. The number of allylic oxidation sites excluding steroid dienone is 4. The molecule has 0 aromatic rings. The van der Waals surface area contributed by atoms with E-state index in [2.05, 4.69) is 38.2 Å². The second kappa shape index (κ2) is 40.5. The number of carbonyl (C=O) groups is 3. The third kappa shape index (κ3) is 32.1. The number of rotatable bonds is 42. The van der Waals surface area contributed by atoms with Crippen LogP contribution in [0.15, 0.2) is 24.3 Å². The van der Waals surface area contributed by atoms with Crippen molar-refractivity contribution in [1.82, 2.24) is 0 Å². The van der Waals surface area contributed by atoms with Gasteiger partial charge in [0.2, 0.25) is 0 Å². The molecule has 0 amide bonds. The van der Waals surface area contributed by atoms with Crippen LogP contribution in [0.2, 0.25) is 0 Å². The minimum absolute atomic E-state index is 0.184. The number of aliphatic hydroxyl groups is 3. The minimum atomic E-state index is -1.86. The average Bonchev–Trinajstić information content (AvgIpc) is 3.24. The minimum Gasteiger partial charge on any atom is -0.479 e. The fourth-order valence-corrected chi connectivity index (χ4v) is 7.62. The van der Waals surface area contributed by atoms with Gasteiger partial charge in [-0.15, -0.1) is 0 Å². The largest absolute Gasteiger partial charge is 0.479 e. The van der Waals surface area contributed by atoms with Crippen LogP contribution < -0.4 is 0 Å². The molecule has 1 saturated heterocycles. The van der Waals surface area contributed by atoms with Crippen molar-refractivity contribution in [3.05, 3.63) is 24.3 Å². The second-order valence-corrected chi connectivity index (χ2v) is 17.3. The summed E-state index contributed by atoms with van der Waals surface area (Å²) in [5.41, 5.74) is 0. The molecule has 6 atom stereocenters. The van der Waals surface area contributed by atoms with Crippen molar-refractivity contribution in [1.29, 1.82) is 0 Å². The Kier molecular flexibility index (Phi) is 37.6. The number of carboxylic acids is 1. The van der Waals surface area contributed by atoms with Crippen LogP contribution in [0, 0.1) is 0 Å². The summed E-state index contributed by atoms with van der Waals surface area (Å²) in [6, 6.07) is 0. The van der Waals surface area contributed by atoms with Crippen molar-refractivity contribution in [3.8, 4) is 0 Å². The number of carboxylic acid groups (broad SMARTS) is 1. The second-order valence-electron chi connectivity index (χ2n) is 17.3. The molecule has 0 aliphatic carbocycles. The van der Waals surface area contributed by atoms with Crippen LogP contribution in [0.4, 0.5) is 0 Å². The monoisotopic (exact) mass is 867 g/mol. The molecule has 1 heterocycles. The lowest BCUT2D eigenvalue weighted by Crippen LogP contribution is -2.60. The number of aliphatic carboxylic acids is 1. The average molecular weight is 867 g/mol. The van der Waals surface area contributed by atoms with Gasteiger partial charge in [-0.05, 0) is 44.9 Å². The van der Waals surface area contributed by atoms with Crippen molar-refractivity contribution >= 4 is 17.9 Å². The van der Waals surface area contributed by atoms with E-state index in [0.29, 0.717) is 12.8 Å². The van der Waals surface area contributed by atoms with Crippen molar-refractivity contribution < 1.29 is 53.8 Å². The number of ether oxygens (including phenoxy) is 4. The molecule has 1 rings (SSSR count). The van der Waals surface area contributed by atoms with Crippen LogP contribution in [0.3, 0.4) is 0 Å². The molecule has 11 heteroatoms. The van der Waals surface area contributed by atoms with Gasteiger partial charge in [0.15, 0.2) is 18.5 Å². The van der Waals surface area contributed by atoms with Crippen molar-refractivity contribution in [2.45, 2.75) is 263 Å². The van der Waals surface area contributed by atoms with E-state index >= 15 is 0 Å². The Hall–Kier alpha value is -2.31.